The molecule has 0 amide bonds. The molecule has 0 aromatic carbocycles. The number of hydrogen-bond donors (Lipinski definition) is 3. The summed E-state index contributed by atoms with van der Waals surface area (Å²) in [6.45, 7) is 6.85. The summed E-state index contributed by atoms with van der Waals surface area (Å²) < 4.78 is 6.87. The Morgan fingerprint density at radius 2 is 2.24 bits per heavy atom. The average molecular weight is 344 g/mol. The van der Waals surface area contributed by atoms with Crippen molar-refractivity contribution in [2.45, 2.75) is 39.7 Å². The van der Waals surface area contributed by atoms with Crippen LogP contribution in [0.2, 0.25) is 0 Å². The summed E-state index contributed by atoms with van der Waals surface area (Å²) in [5.41, 5.74) is 9.16. The summed E-state index contributed by atoms with van der Waals surface area (Å²) in [6.07, 6.45) is 5.01. The van der Waals surface area contributed by atoms with E-state index < -0.39 is 0 Å². The van der Waals surface area contributed by atoms with E-state index in [1.807, 2.05) is 32.2 Å². The van der Waals surface area contributed by atoms with Gasteiger partial charge in [0, 0.05) is 43.4 Å². The van der Waals surface area contributed by atoms with Crippen LogP contribution in [0, 0.1) is 11.3 Å². The molecule has 7 nitrogen and oxygen atoms in total. The van der Waals surface area contributed by atoms with Crippen LogP contribution in [0.5, 0.6) is 0 Å². The molecule has 1 atom stereocenters. The van der Waals surface area contributed by atoms with Crippen LogP contribution in [0.25, 0.3) is 11.2 Å². The van der Waals surface area contributed by atoms with Gasteiger partial charge in [-0.25, -0.2) is 4.52 Å². The van der Waals surface area contributed by atoms with E-state index in [1.165, 1.54) is 6.21 Å². The number of rotatable bonds is 9. The Kier molecular flexibility index (Phi) is 6.52. The van der Waals surface area contributed by atoms with Gasteiger partial charge in [-0.3, -0.25) is 0 Å². The molecular weight excluding hydrogens is 316 g/mol. The lowest BCUT2D eigenvalue weighted by Crippen LogP contribution is -2.21. The second-order valence-electron chi connectivity index (χ2n) is 6.35. The van der Waals surface area contributed by atoms with Crippen molar-refractivity contribution < 1.29 is 4.74 Å². The maximum Gasteiger partial charge on any atom is 0.243 e. The monoisotopic (exact) mass is 344 g/mol. The zero-order chi connectivity index (χ0) is 18.4. The SMILES string of the molecule is CCC(CCOC)Nc1nc2cc(/C(C=N)=C(/N)C(C)C)ccn2n1. The number of anilines is 1. The summed E-state index contributed by atoms with van der Waals surface area (Å²) in [7, 11) is 1.70. The lowest BCUT2D eigenvalue weighted by atomic mass is 10.00. The molecule has 25 heavy (non-hydrogen) atoms. The minimum Gasteiger partial charge on any atom is -0.401 e. The Morgan fingerprint density at radius 1 is 1.48 bits per heavy atom. The largest absolute Gasteiger partial charge is 0.401 e. The Morgan fingerprint density at radius 3 is 2.84 bits per heavy atom. The van der Waals surface area contributed by atoms with Crippen molar-refractivity contribution >= 4 is 23.4 Å². The zero-order valence-corrected chi connectivity index (χ0v) is 15.4. The third-order valence-corrected chi connectivity index (χ3v) is 4.22. The summed E-state index contributed by atoms with van der Waals surface area (Å²) in [5.74, 6) is 0.770. The second kappa shape index (κ2) is 8.62. The first kappa shape index (κ1) is 18.9. The molecule has 0 aliphatic heterocycles. The minimum atomic E-state index is 0.175. The first-order valence-corrected chi connectivity index (χ1v) is 8.62. The van der Waals surface area contributed by atoms with E-state index in [-0.39, 0.29) is 12.0 Å². The molecule has 0 saturated heterocycles. The number of fused-ring (bicyclic) bond motifs is 1. The molecule has 2 aromatic heterocycles. The van der Waals surface area contributed by atoms with Gasteiger partial charge < -0.3 is 21.2 Å². The third kappa shape index (κ3) is 4.57. The van der Waals surface area contributed by atoms with E-state index in [1.54, 1.807) is 11.6 Å². The molecular formula is C18H28N6O. The van der Waals surface area contributed by atoms with Crippen molar-refractivity contribution in [2.75, 3.05) is 19.0 Å². The molecule has 0 radical (unpaired) electrons. The summed E-state index contributed by atoms with van der Waals surface area (Å²) >= 11 is 0. The molecule has 136 valence electrons. The molecule has 0 saturated carbocycles. The van der Waals surface area contributed by atoms with Crippen LogP contribution in [-0.2, 0) is 4.74 Å². The number of nitrogens with two attached hydrogens (primary N) is 1. The number of aromatic nitrogens is 3. The van der Waals surface area contributed by atoms with Crippen molar-refractivity contribution in [3.8, 4) is 0 Å². The van der Waals surface area contributed by atoms with Gasteiger partial charge in [-0.1, -0.05) is 20.8 Å². The molecule has 0 fully saturated rings. The van der Waals surface area contributed by atoms with Gasteiger partial charge in [-0.15, -0.1) is 5.10 Å². The standard InChI is InChI=1S/C18H28N6O/c1-5-14(7-9-25-4)21-18-22-16-10-13(6-8-24(16)23-18)15(11-19)17(20)12(2)3/h6,8,10-12,14,19H,5,7,9,20H2,1-4H3,(H,21,23)/b17-15+,19-11?. The van der Waals surface area contributed by atoms with E-state index in [0.29, 0.717) is 18.3 Å². The van der Waals surface area contributed by atoms with E-state index in [2.05, 4.69) is 22.3 Å². The number of nitrogens with zero attached hydrogens (tertiary/aromatic N) is 3. The lowest BCUT2D eigenvalue weighted by Gasteiger charge is -2.14. The van der Waals surface area contributed by atoms with Crippen LogP contribution in [-0.4, -0.2) is 40.6 Å². The predicted molar refractivity (Wildman–Crippen MR) is 102 cm³/mol. The number of hydrogen-bond acceptors (Lipinski definition) is 6. The Labute approximate surface area is 148 Å². The second-order valence-corrected chi connectivity index (χ2v) is 6.35. The van der Waals surface area contributed by atoms with Crippen LogP contribution in [0.15, 0.2) is 24.0 Å². The van der Waals surface area contributed by atoms with E-state index in [0.717, 1.165) is 29.6 Å². The van der Waals surface area contributed by atoms with Gasteiger partial charge in [-0.05, 0) is 36.5 Å². The number of allylic oxidation sites excluding steroid dienone is 2. The quantitative estimate of drug-likeness (QED) is 0.607. The normalized spacial score (nSPS) is 13.8. The first-order chi connectivity index (χ1) is 12.0. The third-order valence-electron chi connectivity index (χ3n) is 4.22. The molecule has 2 heterocycles. The number of pyridine rings is 1. The molecule has 2 rings (SSSR count). The van der Waals surface area contributed by atoms with Crippen molar-refractivity contribution in [3.63, 3.8) is 0 Å². The van der Waals surface area contributed by atoms with Gasteiger partial charge in [0.25, 0.3) is 0 Å². The van der Waals surface area contributed by atoms with Crippen LogP contribution in [0.4, 0.5) is 5.95 Å². The highest BCUT2D eigenvalue weighted by Gasteiger charge is 2.12. The molecule has 0 aliphatic carbocycles. The van der Waals surface area contributed by atoms with Gasteiger partial charge in [0.1, 0.15) is 0 Å². The number of ether oxygens (including phenoxy) is 1. The van der Waals surface area contributed by atoms with Crippen LogP contribution >= 0.6 is 0 Å². The Hall–Kier alpha value is -2.41. The molecule has 0 bridgehead atoms. The summed E-state index contributed by atoms with van der Waals surface area (Å²) in [4.78, 5) is 4.55. The van der Waals surface area contributed by atoms with Gasteiger partial charge in [0.05, 0.1) is 0 Å². The molecule has 0 aliphatic rings. The topological polar surface area (TPSA) is 101 Å². The number of nitrogens with one attached hydrogen (secondary N) is 2. The fraction of sp³-hybridized carbons (Fsp3) is 0.500. The highest BCUT2D eigenvalue weighted by atomic mass is 16.5. The molecule has 1 unspecified atom stereocenters. The van der Waals surface area contributed by atoms with Gasteiger partial charge in [0.15, 0.2) is 5.65 Å². The van der Waals surface area contributed by atoms with Crippen LogP contribution in [0.3, 0.4) is 0 Å². The number of methoxy groups -OCH3 is 1. The summed E-state index contributed by atoms with van der Waals surface area (Å²) in [5, 5.41) is 15.5. The molecule has 4 N–H and O–H groups in total. The maximum atomic E-state index is 7.69. The van der Waals surface area contributed by atoms with Gasteiger partial charge >= 0.3 is 0 Å². The molecule has 7 heteroatoms. The smallest absolute Gasteiger partial charge is 0.243 e. The zero-order valence-electron chi connectivity index (χ0n) is 15.4. The summed E-state index contributed by atoms with van der Waals surface area (Å²) in [6, 6.07) is 4.08. The highest BCUT2D eigenvalue weighted by molar-refractivity contribution is 6.09. The van der Waals surface area contributed by atoms with E-state index in [4.69, 9.17) is 15.9 Å². The van der Waals surface area contributed by atoms with Crippen molar-refractivity contribution in [1.82, 2.24) is 14.6 Å². The maximum absolute atomic E-state index is 7.69. The van der Waals surface area contributed by atoms with Crippen LogP contribution < -0.4 is 11.1 Å². The van der Waals surface area contributed by atoms with Gasteiger partial charge in [-0.2, -0.15) is 4.98 Å². The van der Waals surface area contributed by atoms with Crippen molar-refractivity contribution in [3.05, 3.63) is 29.6 Å². The highest BCUT2D eigenvalue weighted by Crippen LogP contribution is 2.20. The van der Waals surface area contributed by atoms with Crippen molar-refractivity contribution in [2.24, 2.45) is 11.7 Å². The molecule has 0 spiro atoms. The Balaban J connectivity index is 2.29. The minimum absolute atomic E-state index is 0.175. The first-order valence-electron chi connectivity index (χ1n) is 8.62. The predicted octanol–water partition coefficient (Wildman–Crippen LogP) is 2.93. The lowest BCUT2D eigenvalue weighted by molar-refractivity contribution is 0.189. The van der Waals surface area contributed by atoms with Gasteiger partial charge in [0.2, 0.25) is 5.95 Å². The van der Waals surface area contributed by atoms with E-state index in [9.17, 15) is 0 Å². The van der Waals surface area contributed by atoms with E-state index >= 15 is 0 Å². The van der Waals surface area contributed by atoms with Crippen LogP contribution in [0.1, 0.15) is 39.2 Å². The Bertz CT molecular complexity index is 749. The van der Waals surface area contributed by atoms with Crippen molar-refractivity contribution in [1.29, 1.82) is 5.41 Å². The fourth-order valence-electron chi connectivity index (χ4n) is 2.58. The average Bonchev–Trinajstić information content (AvgIpc) is 3.00. The fourth-order valence-corrected chi connectivity index (χ4v) is 2.58. The molecule has 2 aromatic rings.